The number of alkyl carbamates (subject to hydrolysis) is 1. The van der Waals surface area contributed by atoms with Gasteiger partial charge in [0, 0.05) is 6.54 Å². The molecule has 0 radical (unpaired) electrons. The summed E-state index contributed by atoms with van der Waals surface area (Å²) in [7, 11) is 0. The summed E-state index contributed by atoms with van der Waals surface area (Å²) in [5, 5.41) is 2.43. The molecule has 1 rings (SSSR count). The van der Waals surface area contributed by atoms with Gasteiger partial charge < -0.3 is 20.5 Å². The lowest BCUT2D eigenvalue weighted by Crippen LogP contribution is -2.45. The highest BCUT2D eigenvalue weighted by Gasteiger charge is 2.22. The minimum absolute atomic E-state index is 0.0392. The number of carbonyl (C=O) groups is 2. The molecule has 0 aromatic heterocycles. The predicted octanol–water partition coefficient (Wildman–Crippen LogP) is 1.58. The molecule has 0 spiro atoms. The first-order valence-corrected chi connectivity index (χ1v) is 6.71. The third-order valence-electron chi connectivity index (χ3n) is 2.39. The van der Waals surface area contributed by atoms with Gasteiger partial charge in [0.15, 0.2) is 0 Å². The predicted molar refractivity (Wildman–Crippen MR) is 78.5 cm³/mol. The van der Waals surface area contributed by atoms with Gasteiger partial charge in [0.25, 0.3) is 0 Å². The fraction of sp³-hybridized carbons (Fsp3) is 0.467. The number of hydrogen-bond acceptors (Lipinski definition) is 5. The van der Waals surface area contributed by atoms with E-state index in [-0.39, 0.29) is 13.2 Å². The molecule has 1 atom stereocenters. The molecule has 3 N–H and O–H groups in total. The molecule has 0 saturated heterocycles. The molecule has 6 heteroatoms. The first-order valence-electron chi connectivity index (χ1n) is 6.71. The van der Waals surface area contributed by atoms with Crippen molar-refractivity contribution in [3.05, 3.63) is 35.9 Å². The summed E-state index contributed by atoms with van der Waals surface area (Å²) in [5.74, 6) is -0.564. The molecule has 1 aromatic rings. The minimum atomic E-state index is -0.923. The topological polar surface area (TPSA) is 90.6 Å². The maximum absolute atomic E-state index is 11.6. The van der Waals surface area contributed by atoms with Gasteiger partial charge in [-0.3, -0.25) is 4.79 Å². The second kappa shape index (κ2) is 7.64. The Kier molecular flexibility index (Phi) is 6.17. The zero-order chi connectivity index (χ0) is 15.9. The Balaban J connectivity index is 2.28. The van der Waals surface area contributed by atoms with Crippen molar-refractivity contribution >= 4 is 12.1 Å². The van der Waals surface area contributed by atoms with Gasteiger partial charge in [0.1, 0.15) is 18.2 Å². The Labute approximate surface area is 124 Å². The fourth-order valence-electron chi connectivity index (χ4n) is 1.43. The van der Waals surface area contributed by atoms with E-state index in [9.17, 15) is 9.59 Å². The van der Waals surface area contributed by atoms with Crippen LogP contribution in [0.4, 0.5) is 4.79 Å². The van der Waals surface area contributed by atoms with Crippen LogP contribution in [0.3, 0.4) is 0 Å². The van der Waals surface area contributed by atoms with E-state index < -0.39 is 23.7 Å². The summed E-state index contributed by atoms with van der Waals surface area (Å²) >= 11 is 0. The van der Waals surface area contributed by atoms with Crippen molar-refractivity contribution in [2.24, 2.45) is 5.73 Å². The second-order valence-electron chi connectivity index (χ2n) is 5.58. The maximum Gasteiger partial charge on any atom is 0.407 e. The molecular formula is C15H22N2O4. The molecule has 1 unspecified atom stereocenters. The van der Waals surface area contributed by atoms with Crippen molar-refractivity contribution in [3.8, 4) is 0 Å². The quantitative estimate of drug-likeness (QED) is 0.805. The van der Waals surface area contributed by atoms with Crippen molar-refractivity contribution < 1.29 is 19.1 Å². The highest BCUT2D eigenvalue weighted by molar-refractivity contribution is 5.77. The first-order chi connectivity index (χ1) is 9.78. The maximum atomic E-state index is 11.6. The van der Waals surface area contributed by atoms with E-state index in [2.05, 4.69) is 5.32 Å². The Morgan fingerprint density at radius 1 is 1.24 bits per heavy atom. The van der Waals surface area contributed by atoms with E-state index in [0.29, 0.717) is 0 Å². The zero-order valence-electron chi connectivity index (χ0n) is 12.6. The first kappa shape index (κ1) is 17.0. The average Bonchev–Trinajstić information content (AvgIpc) is 2.41. The number of ether oxygens (including phenoxy) is 2. The zero-order valence-corrected chi connectivity index (χ0v) is 12.6. The largest absolute Gasteiger partial charge is 0.459 e. The molecule has 116 valence electrons. The fourth-order valence-corrected chi connectivity index (χ4v) is 1.43. The van der Waals surface area contributed by atoms with E-state index in [1.165, 1.54) is 0 Å². The molecule has 0 heterocycles. The van der Waals surface area contributed by atoms with Gasteiger partial charge in [0.2, 0.25) is 0 Å². The normalized spacial score (nSPS) is 12.4. The van der Waals surface area contributed by atoms with Crippen LogP contribution in [-0.2, 0) is 20.9 Å². The van der Waals surface area contributed by atoms with Crippen LogP contribution in [0.25, 0.3) is 0 Å². The molecule has 1 aromatic carbocycles. The van der Waals surface area contributed by atoms with E-state index in [4.69, 9.17) is 15.2 Å². The molecule has 0 aliphatic heterocycles. The third kappa shape index (κ3) is 7.31. The lowest BCUT2D eigenvalue weighted by Gasteiger charge is -2.22. The molecule has 0 aliphatic rings. The Morgan fingerprint density at radius 2 is 1.86 bits per heavy atom. The molecule has 21 heavy (non-hydrogen) atoms. The van der Waals surface area contributed by atoms with Crippen molar-refractivity contribution in [3.63, 3.8) is 0 Å². The van der Waals surface area contributed by atoms with Gasteiger partial charge in [-0.15, -0.1) is 0 Å². The summed E-state index contributed by atoms with van der Waals surface area (Å²) in [5.41, 5.74) is 5.91. The van der Waals surface area contributed by atoms with Gasteiger partial charge >= 0.3 is 12.1 Å². The summed E-state index contributed by atoms with van der Waals surface area (Å²) in [6.45, 7) is 5.37. The van der Waals surface area contributed by atoms with E-state index in [0.717, 1.165) is 5.56 Å². The van der Waals surface area contributed by atoms with Crippen molar-refractivity contribution in [1.29, 1.82) is 0 Å². The monoisotopic (exact) mass is 294 g/mol. The van der Waals surface area contributed by atoms with Crippen LogP contribution in [0, 0.1) is 0 Å². The van der Waals surface area contributed by atoms with Crippen molar-refractivity contribution in [1.82, 2.24) is 5.32 Å². The standard InChI is InChI=1S/C15H22N2O4/c1-15(2,3)21-13(18)12(16)9-17-14(19)20-10-11-7-5-4-6-8-11/h4-8,12H,9-10,16H2,1-3H3,(H,17,19). The molecule has 0 bridgehead atoms. The summed E-state index contributed by atoms with van der Waals surface area (Å²) in [4.78, 5) is 23.1. The lowest BCUT2D eigenvalue weighted by molar-refractivity contribution is -0.156. The van der Waals surface area contributed by atoms with E-state index >= 15 is 0 Å². The highest BCUT2D eigenvalue weighted by atomic mass is 16.6. The highest BCUT2D eigenvalue weighted by Crippen LogP contribution is 2.07. The minimum Gasteiger partial charge on any atom is -0.459 e. The number of nitrogens with one attached hydrogen (secondary N) is 1. The molecule has 0 fully saturated rings. The number of nitrogens with two attached hydrogens (primary N) is 1. The number of rotatable bonds is 5. The van der Waals surface area contributed by atoms with Crippen LogP contribution in [0.5, 0.6) is 0 Å². The van der Waals surface area contributed by atoms with Crippen LogP contribution >= 0.6 is 0 Å². The summed E-state index contributed by atoms with van der Waals surface area (Å²) in [6.07, 6.45) is -0.627. The van der Waals surface area contributed by atoms with Crippen LogP contribution in [0.15, 0.2) is 30.3 Å². The molecule has 0 aliphatic carbocycles. The number of hydrogen-bond donors (Lipinski definition) is 2. The number of esters is 1. The smallest absolute Gasteiger partial charge is 0.407 e. The SMILES string of the molecule is CC(C)(C)OC(=O)C(N)CNC(=O)OCc1ccccc1. The Bertz CT molecular complexity index is 468. The van der Waals surface area contributed by atoms with E-state index in [1.54, 1.807) is 20.8 Å². The molecule has 1 amide bonds. The number of amides is 1. The number of benzene rings is 1. The number of carbonyl (C=O) groups excluding carboxylic acids is 2. The van der Waals surface area contributed by atoms with Crippen LogP contribution < -0.4 is 11.1 Å². The molecular weight excluding hydrogens is 272 g/mol. The van der Waals surface area contributed by atoms with Gasteiger partial charge in [-0.05, 0) is 26.3 Å². The average molecular weight is 294 g/mol. The second-order valence-corrected chi connectivity index (χ2v) is 5.58. The summed E-state index contributed by atoms with van der Waals surface area (Å²) in [6, 6.07) is 8.36. The van der Waals surface area contributed by atoms with Crippen molar-refractivity contribution in [2.75, 3.05) is 6.54 Å². The Morgan fingerprint density at radius 3 is 2.43 bits per heavy atom. The van der Waals surface area contributed by atoms with E-state index in [1.807, 2.05) is 30.3 Å². The van der Waals surface area contributed by atoms with Crippen molar-refractivity contribution in [2.45, 2.75) is 39.0 Å². The van der Waals surface area contributed by atoms with Gasteiger partial charge in [-0.1, -0.05) is 30.3 Å². The van der Waals surface area contributed by atoms with Crippen LogP contribution in [-0.4, -0.2) is 30.3 Å². The van der Waals surface area contributed by atoms with Crippen LogP contribution in [0.1, 0.15) is 26.3 Å². The summed E-state index contributed by atoms with van der Waals surface area (Å²) < 4.78 is 10.1. The molecule has 6 nitrogen and oxygen atoms in total. The van der Waals surface area contributed by atoms with Gasteiger partial charge in [-0.25, -0.2) is 4.79 Å². The third-order valence-corrected chi connectivity index (χ3v) is 2.39. The lowest BCUT2D eigenvalue weighted by atomic mass is 10.2. The van der Waals surface area contributed by atoms with Gasteiger partial charge in [0.05, 0.1) is 0 Å². The van der Waals surface area contributed by atoms with Crippen LogP contribution in [0.2, 0.25) is 0 Å². The Hall–Kier alpha value is -2.08. The van der Waals surface area contributed by atoms with Gasteiger partial charge in [-0.2, -0.15) is 0 Å². The molecule has 0 saturated carbocycles.